The van der Waals surface area contributed by atoms with Crippen molar-refractivity contribution < 1.29 is 14.3 Å². The molecule has 1 aromatic heterocycles. The Morgan fingerprint density at radius 3 is 2.52 bits per heavy atom. The summed E-state index contributed by atoms with van der Waals surface area (Å²) >= 11 is 1.39. The Bertz CT molecular complexity index is 624. The van der Waals surface area contributed by atoms with Crippen molar-refractivity contribution in [2.75, 3.05) is 19.5 Å². The number of carbonyl (C=O) groups excluding carboxylic acids is 1. The number of thiazole rings is 1. The molecule has 0 saturated heterocycles. The van der Waals surface area contributed by atoms with Gasteiger partial charge in [-0.3, -0.25) is 4.79 Å². The summed E-state index contributed by atoms with van der Waals surface area (Å²) < 4.78 is 10.5. The lowest BCUT2D eigenvalue weighted by Crippen LogP contribution is -2.34. The summed E-state index contributed by atoms with van der Waals surface area (Å²) in [5.74, 6) is 1.12. The number of rotatable bonds is 5. The third-order valence-electron chi connectivity index (χ3n) is 3.33. The molecule has 0 aliphatic heterocycles. The smallest absolute Gasteiger partial charge is 0.236 e. The molecule has 1 amide bonds. The lowest BCUT2D eigenvalue weighted by Gasteiger charge is -2.24. The molecular weight excluding hydrogens is 288 g/mol. The van der Waals surface area contributed by atoms with Crippen LogP contribution in [0.15, 0.2) is 29.8 Å². The van der Waals surface area contributed by atoms with Gasteiger partial charge in [0.1, 0.15) is 0 Å². The van der Waals surface area contributed by atoms with Crippen molar-refractivity contribution in [1.29, 1.82) is 0 Å². The number of nitrogens with one attached hydrogen (secondary N) is 1. The summed E-state index contributed by atoms with van der Waals surface area (Å²) in [7, 11) is 3.15. The lowest BCUT2D eigenvalue weighted by molar-refractivity contribution is -0.120. The highest BCUT2D eigenvalue weighted by Gasteiger charge is 2.31. The number of anilines is 1. The lowest BCUT2D eigenvalue weighted by atomic mass is 9.83. The molecule has 2 rings (SSSR count). The van der Waals surface area contributed by atoms with E-state index in [0.29, 0.717) is 16.6 Å². The van der Waals surface area contributed by atoms with Gasteiger partial charge in [-0.2, -0.15) is 0 Å². The topological polar surface area (TPSA) is 60.5 Å². The Labute approximate surface area is 127 Å². The Balaban J connectivity index is 2.27. The maximum absolute atomic E-state index is 12.5. The van der Waals surface area contributed by atoms with Crippen molar-refractivity contribution in [3.8, 4) is 11.5 Å². The van der Waals surface area contributed by atoms with Gasteiger partial charge in [-0.05, 0) is 31.5 Å². The van der Waals surface area contributed by atoms with Crippen LogP contribution in [0, 0.1) is 0 Å². The maximum Gasteiger partial charge on any atom is 0.236 e. The summed E-state index contributed by atoms with van der Waals surface area (Å²) in [5.41, 5.74) is 0.125. The molecule has 0 aliphatic carbocycles. The predicted octanol–water partition coefficient (Wildman–Crippen LogP) is 3.08. The molecule has 5 nitrogen and oxygen atoms in total. The number of ether oxygens (including phenoxy) is 2. The first-order valence-corrected chi connectivity index (χ1v) is 7.30. The number of nitrogens with zero attached hydrogens (tertiary/aromatic N) is 1. The molecule has 0 saturated carbocycles. The quantitative estimate of drug-likeness (QED) is 0.922. The van der Waals surface area contributed by atoms with Gasteiger partial charge in [0, 0.05) is 11.6 Å². The third kappa shape index (κ3) is 3.16. The van der Waals surface area contributed by atoms with E-state index in [0.717, 1.165) is 5.56 Å². The molecule has 21 heavy (non-hydrogen) atoms. The Hall–Kier alpha value is -2.08. The van der Waals surface area contributed by atoms with Crippen molar-refractivity contribution in [3.63, 3.8) is 0 Å². The summed E-state index contributed by atoms with van der Waals surface area (Å²) in [6.45, 7) is 3.72. The molecule has 0 spiro atoms. The first-order valence-electron chi connectivity index (χ1n) is 6.42. The number of aromatic nitrogens is 1. The number of methoxy groups -OCH3 is 2. The minimum absolute atomic E-state index is 0.121. The van der Waals surface area contributed by atoms with Gasteiger partial charge in [0.15, 0.2) is 16.6 Å². The SMILES string of the molecule is COc1ccc(C(C)(C)C(=O)Nc2nccs2)cc1OC. The molecule has 1 N–H and O–H groups in total. The van der Waals surface area contributed by atoms with Crippen molar-refractivity contribution in [3.05, 3.63) is 35.3 Å². The van der Waals surface area contributed by atoms with Crippen LogP contribution in [0.2, 0.25) is 0 Å². The highest BCUT2D eigenvalue weighted by molar-refractivity contribution is 7.13. The van der Waals surface area contributed by atoms with Crippen LogP contribution in [0.1, 0.15) is 19.4 Å². The number of carbonyl (C=O) groups is 1. The van der Waals surface area contributed by atoms with E-state index < -0.39 is 5.41 Å². The fourth-order valence-electron chi connectivity index (χ4n) is 1.89. The second-order valence-electron chi connectivity index (χ2n) is 4.99. The van der Waals surface area contributed by atoms with E-state index in [4.69, 9.17) is 9.47 Å². The van der Waals surface area contributed by atoms with Crippen molar-refractivity contribution >= 4 is 22.4 Å². The van der Waals surface area contributed by atoms with Crippen molar-refractivity contribution in [2.45, 2.75) is 19.3 Å². The van der Waals surface area contributed by atoms with Crippen LogP contribution < -0.4 is 14.8 Å². The molecular formula is C15H18N2O3S. The maximum atomic E-state index is 12.5. The van der Waals surface area contributed by atoms with Crippen LogP contribution in [0.4, 0.5) is 5.13 Å². The Kier molecular flexibility index (Phi) is 4.47. The van der Waals surface area contributed by atoms with Crippen LogP contribution in [-0.4, -0.2) is 25.1 Å². The number of benzene rings is 1. The molecule has 0 unspecified atom stereocenters. The Morgan fingerprint density at radius 1 is 1.24 bits per heavy atom. The van der Waals surface area contributed by atoms with Crippen LogP contribution in [-0.2, 0) is 10.2 Å². The van der Waals surface area contributed by atoms with Gasteiger partial charge in [0.25, 0.3) is 0 Å². The highest BCUT2D eigenvalue weighted by atomic mass is 32.1. The standard InChI is InChI=1S/C15H18N2O3S/c1-15(2,13(18)17-14-16-7-8-21-14)10-5-6-11(19-3)12(9-10)20-4/h5-9H,1-4H3,(H,16,17,18). The molecule has 0 aliphatic rings. The van der Waals surface area contributed by atoms with Crippen LogP contribution in [0.25, 0.3) is 0 Å². The molecule has 2 aromatic rings. The van der Waals surface area contributed by atoms with Gasteiger partial charge < -0.3 is 14.8 Å². The van der Waals surface area contributed by atoms with E-state index in [1.807, 2.05) is 31.4 Å². The van der Waals surface area contributed by atoms with Gasteiger partial charge in [-0.15, -0.1) is 11.3 Å². The largest absolute Gasteiger partial charge is 0.493 e. The van der Waals surface area contributed by atoms with E-state index in [1.165, 1.54) is 11.3 Å². The fraction of sp³-hybridized carbons (Fsp3) is 0.333. The van der Waals surface area contributed by atoms with E-state index in [-0.39, 0.29) is 5.91 Å². The molecule has 0 radical (unpaired) electrons. The zero-order valence-corrected chi connectivity index (χ0v) is 13.3. The first-order chi connectivity index (χ1) is 9.98. The minimum Gasteiger partial charge on any atom is -0.493 e. The number of amides is 1. The summed E-state index contributed by atoms with van der Waals surface area (Å²) in [5, 5.41) is 5.23. The summed E-state index contributed by atoms with van der Waals surface area (Å²) in [6.07, 6.45) is 1.66. The van der Waals surface area contributed by atoms with Gasteiger partial charge in [0.05, 0.1) is 19.6 Å². The third-order valence-corrected chi connectivity index (χ3v) is 4.01. The highest BCUT2D eigenvalue weighted by Crippen LogP contribution is 2.33. The van der Waals surface area contributed by atoms with Crippen molar-refractivity contribution in [2.24, 2.45) is 0 Å². The van der Waals surface area contributed by atoms with Gasteiger partial charge in [0.2, 0.25) is 5.91 Å². The zero-order valence-electron chi connectivity index (χ0n) is 12.5. The second-order valence-corrected chi connectivity index (χ2v) is 5.88. The first kappa shape index (κ1) is 15.3. The normalized spacial score (nSPS) is 11.0. The number of hydrogen-bond donors (Lipinski definition) is 1. The minimum atomic E-state index is -0.717. The monoisotopic (exact) mass is 306 g/mol. The average Bonchev–Trinajstić information content (AvgIpc) is 2.99. The summed E-state index contributed by atoms with van der Waals surface area (Å²) in [4.78, 5) is 16.5. The van der Waals surface area contributed by atoms with Crippen LogP contribution >= 0.6 is 11.3 Å². The zero-order chi connectivity index (χ0) is 15.5. The molecule has 6 heteroatoms. The molecule has 112 valence electrons. The van der Waals surface area contributed by atoms with E-state index in [9.17, 15) is 4.79 Å². The molecule has 0 atom stereocenters. The molecule has 1 aromatic carbocycles. The average molecular weight is 306 g/mol. The summed E-state index contributed by atoms with van der Waals surface area (Å²) in [6, 6.07) is 5.48. The predicted molar refractivity (Wildman–Crippen MR) is 83.3 cm³/mol. The van der Waals surface area contributed by atoms with E-state index >= 15 is 0 Å². The molecule has 0 bridgehead atoms. The molecule has 0 fully saturated rings. The van der Waals surface area contributed by atoms with Gasteiger partial charge in [-0.1, -0.05) is 6.07 Å². The van der Waals surface area contributed by atoms with Gasteiger partial charge in [-0.25, -0.2) is 4.98 Å². The van der Waals surface area contributed by atoms with Gasteiger partial charge >= 0.3 is 0 Å². The second kappa shape index (κ2) is 6.13. The van der Waals surface area contributed by atoms with Crippen molar-refractivity contribution in [1.82, 2.24) is 4.98 Å². The Morgan fingerprint density at radius 2 is 1.95 bits per heavy atom. The van der Waals surface area contributed by atoms with E-state index in [1.54, 1.807) is 26.5 Å². The van der Waals surface area contributed by atoms with Crippen LogP contribution in [0.3, 0.4) is 0 Å². The fourth-order valence-corrected chi connectivity index (χ4v) is 2.42. The van der Waals surface area contributed by atoms with E-state index in [2.05, 4.69) is 10.3 Å². The molecule has 1 heterocycles. The van der Waals surface area contributed by atoms with Crippen LogP contribution in [0.5, 0.6) is 11.5 Å². The number of hydrogen-bond acceptors (Lipinski definition) is 5.